The van der Waals surface area contributed by atoms with Crippen molar-refractivity contribution in [3.8, 4) is 5.75 Å². The molecule has 0 atom stereocenters. The molecule has 1 aromatic carbocycles. The van der Waals surface area contributed by atoms with Gasteiger partial charge in [0.15, 0.2) is 0 Å². The molecule has 3 fully saturated rings. The summed E-state index contributed by atoms with van der Waals surface area (Å²) in [5.41, 5.74) is 1.41. The summed E-state index contributed by atoms with van der Waals surface area (Å²) >= 11 is 0. The number of unbranched alkanes of at least 4 members (excludes halogenated alkanes) is 2. The van der Waals surface area contributed by atoms with Gasteiger partial charge in [0.25, 0.3) is 0 Å². The molecule has 0 aromatic heterocycles. The van der Waals surface area contributed by atoms with E-state index in [1.54, 1.807) is 0 Å². The fourth-order valence-corrected chi connectivity index (χ4v) is 7.45. The van der Waals surface area contributed by atoms with Crippen molar-refractivity contribution in [3.63, 3.8) is 0 Å². The highest BCUT2D eigenvalue weighted by Gasteiger charge is 2.30. The highest BCUT2D eigenvalue weighted by atomic mass is 16.5. The summed E-state index contributed by atoms with van der Waals surface area (Å²) < 4.78 is 5.27. The number of carbonyl (C=O) groups excluding carboxylic acids is 1. The van der Waals surface area contributed by atoms with E-state index in [1.165, 1.54) is 108 Å². The standard InChI is InChI=1S/C35H52O3/c1-3-4-5-6-27-9-15-30(16-10-27)31-17-11-28(12-18-31)7-8-29-13-19-32(20-14-29)33-21-23-34(24-22-33)38-35(37)26(2)25-36/h7-8,21-24,27-32,36H,2-6,9-20,25H2,1H3/b8-7+. The summed E-state index contributed by atoms with van der Waals surface area (Å²) in [6, 6.07) is 7.89. The zero-order valence-electron chi connectivity index (χ0n) is 23.9. The summed E-state index contributed by atoms with van der Waals surface area (Å²) in [4.78, 5) is 11.8. The lowest BCUT2D eigenvalue weighted by Crippen LogP contribution is -2.25. The summed E-state index contributed by atoms with van der Waals surface area (Å²) in [6.45, 7) is 5.46. The minimum absolute atomic E-state index is 0.0731. The smallest absolute Gasteiger partial charge is 0.341 e. The molecular formula is C35H52O3. The SMILES string of the molecule is C=C(CO)C(=O)Oc1ccc(C2CCC(/C=C/C3CCC(C4CCC(CCCCC)CC4)CC3)CC2)cc1. The largest absolute Gasteiger partial charge is 0.423 e. The van der Waals surface area contributed by atoms with Gasteiger partial charge in [0, 0.05) is 0 Å². The molecule has 3 aliphatic rings. The minimum atomic E-state index is -0.568. The molecule has 1 N–H and O–H groups in total. The average molecular weight is 521 g/mol. The lowest BCUT2D eigenvalue weighted by atomic mass is 9.68. The van der Waals surface area contributed by atoms with Crippen LogP contribution in [0.25, 0.3) is 0 Å². The number of hydrogen-bond acceptors (Lipinski definition) is 3. The van der Waals surface area contributed by atoms with Gasteiger partial charge in [-0.25, -0.2) is 4.79 Å². The zero-order chi connectivity index (χ0) is 26.7. The Kier molecular flexibility index (Phi) is 11.5. The van der Waals surface area contributed by atoms with Crippen LogP contribution in [0.5, 0.6) is 5.75 Å². The molecular weight excluding hydrogens is 468 g/mol. The van der Waals surface area contributed by atoms with E-state index in [0.29, 0.717) is 11.7 Å². The summed E-state index contributed by atoms with van der Waals surface area (Å²) in [6.07, 6.45) is 27.7. The second-order valence-electron chi connectivity index (χ2n) is 12.7. The van der Waals surface area contributed by atoms with Crippen LogP contribution in [-0.2, 0) is 4.79 Å². The molecule has 0 radical (unpaired) electrons. The number of aliphatic hydroxyl groups excluding tert-OH is 1. The molecule has 0 aliphatic heterocycles. The average Bonchev–Trinajstić information content (AvgIpc) is 2.97. The Morgan fingerprint density at radius 3 is 1.95 bits per heavy atom. The second-order valence-corrected chi connectivity index (χ2v) is 12.7. The van der Waals surface area contributed by atoms with Gasteiger partial charge in [-0.3, -0.25) is 0 Å². The van der Waals surface area contributed by atoms with Crippen molar-refractivity contribution < 1.29 is 14.6 Å². The third-order valence-corrected chi connectivity index (χ3v) is 10.1. The van der Waals surface area contributed by atoms with Crippen LogP contribution in [0, 0.1) is 29.6 Å². The van der Waals surface area contributed by atoms with Gasteiger partial charge in [-0.15, -0.1) is 0 Å². The van der Waals surface area contributed by atoms with Crippen molar-refractivity contribution in [2.75, 3.05) is 6.61 Å². The van der Waals surface area contributed by atoms with Crippen LogP contribution in [0.2, 0.25) is 0 Å². The molecule has 210 valence electrons. The van der Waals surface area contributed by atoms with Crippen molar-refractivity contribution in [1.29, 1.82) is 0 Å². The van der Waals surface area contributed by atoms with E-state index in [2.05, 4.69) is 37.8 Å². The molecule has 1 aromatic rings. The first-order chi connectivity index (χ1) is 18.6. The number of aliphatic hydroxyl groups is 1. The molecule has 0 unspecified atom stereocenters. The first-order valence-corrected chi connectivity index (χ1v) is 15.8. The van der Waals surface area contributed by atoms with E-state index in [9.17, 15) is 4.79 Å². The number of carbonyl (C=O) groups is 1. The molecule has 38 heavy (non-hydrogen) atoms. The van der Waals surface area contributed by atoms with Crippen LogP contribution in [0.15, 0.2) is 48.6 Å². The molecule has 3 aliphatic carbocycles. The predicted molar refractivity (Wildman–Crippen MR) is 157 cm³/mol. The fraction of sp³-hybridized carbons (Fsp3) is 0.686. The van der Waals surface area contributed by atoms with Gasteiger partial charge in [-0.05, 0) is 117 Å². The number of rotatable bonds is 11. The topological polar surface area (TPSA) is 46.5 Å². The van der Waals surface area contributed by atoms with E-state index in [-0.39, 0.29) is 12.2 Å². The lowest BCUT2D eigenvalue weighted by Gasteiger charge is -2.37. The van der Waals surface area contributed by atoms with Gasteiger partial charge >= 0.3 is 5.97 Å². The number of hydrogen-bond donors (Lipinski definition) is 1. The van der Waals surface area contributed by atoms with Gasteiger partial charge in [-0.1, -0.05) is 76.3 Å². The first-order valence-electron chi connectivity index (χ1n) is 15.8. The fourth-order valence-electron chi connectivity index (χ4n) is 7.45. The maximum absolute atomic E-state index is 11.8. The monoisotopic (exact) mass is 520 g/mol. The molecule has 3 saturated carbocycles. The molecule has 0 saturated heterocycles. The maximum atomic E-state index is 11.8. The number of benzene rings is 1. The van der Waals surface area contributed by atoms with Crippen LogP contribution in [0.1, 0.15) is 121 Å². The number of esters is 1. The molecule has 4 rings (SSSR count). The van der Waals surface area contributed by atoms with Crippen LogP contribution in [0.4, 0.5) is 0 Å². The lowest BCUT2D eigenvalue weighted by molar-refractivity contribution is -0.130. The van der Waals surface area contributed by atoms with Crippen LogP contribution < -0.4 is 4.74 Å². The Labute approximate surface area is 232 Å². The van der Waals surface area contributed by atoms with Crippen molar-refractivity contribution >= 4 is 5.97 Å². The molecule has 0 heterocycles. The number of allylic oxidation sites excluding steroid dienone is 2. The highest BCUT2D eigenvalue weighted by Crippen LogP contribution is 2.43. The first kappa shape index (κ1) is 29.1. The Morgan fingerprint density at radius 2 is 1.39 bits per heavy atom. The maximum Gasteiger partial charge on any atom is 0.341 e. The summed E-state index contributed by atoms with van der Waals surface area (Å²) in [5, 5.41) is 9.02. The van der Waals surface area contributed by atoms with Crippen molar-refractivity contribution in [3.05, 3.63) is 54.1 Å². The second kappa shape index (κ2) is 15.1. The number of ether oxygens (including phenoxy) is 1. The van der Waals surface area contributed by atoms with Gasteiger partial charge in [0.2, 0.25) is 0 Å². The van der Waals surface area contributed by atoms with Crippen molar-refractivity contribution in [1.82, 2.24) is 0 Å². The van der Waals surface area contributed by atoms with E-state index < -0.39 is 5.97 Å². The summed E-state index contributed by atoms with van der Waals surface area (Å²) in [7, 11) is 0. The molecule has 0 spiro atoms. The van der Waals surface area contributed by atoms with Gasteiger partial charge in [0.1, 0.15) is 5.75 Å². The van der Waals surface area contributed by atoms with E-state index in [1.807, 2.05) is 12.1 Å². The van der Waals surface area contributed by atoms with Gasteiger partial charge in [0.05, 0.1) is 12.2 Å². The predicted octanol–water partition coefficient (Wildman–Crippen LogP) is 9.16. The Hall–Kier alpha value is -1.87. The summed E-state index contributed by atoms with van der Waals surface area (Å²) in [5.74, 6) is 5.15. The Morgan fingerprint density at radius 1 is 0.842 bits per heavy atom. The molecule has 0 amide bonds. The zero-order valence-corrected chi connectivity index (χ0v) is 23.9. The van der Waals surface area contributed by atoms with Crippen LogP contribution in [0.3, 0.4) is 0 Å². The van der Waals surface area contributed by atoms with Gasteiger partial charge in [-0.2, -0.15) is 0 Å². The van der Waals surface area contributed by atoms with E-state index in [4.69, 9.17) is 9.84 Å². The van der Waals surface area contributed by atoms with E-state index in [0.717, 1.165) is 29.6 Å². The normalized spacial score (nSPS) is 30.3. The molecule has 3 nitrogen and oxygen atoms in total. The van der Waals surface area contributed by atoms with Crippen LogP contribution in [-0.4, -0.2) is 17.7 Å². The van der Waals surface area contributed by atoms with Crippen molar-refractivity contribution in [2.24, 2.45) is 29.6 Å². The Bertz CT molecular complexity index is 876. The van der Waals surface area contributed by atoms with Crippen LogP contribution >= 0.6 is 0 Å². The van der Waals surface area contributed by atoms with Crippen molar-refractivity contribution in [2.45, 2.75) is 116 Å². The van der Waals surface area contributed by atoms with E-state index >= 15 is 0 Å². The molecule has 3 heteroatoms. The Balaban J connectivity index is 1.13. The highest BCUT2D eigenvalue weighted by molar-refractivity contribution is 5.89. The minimum Gasteiger partial charge on any atom is -0.423 e. The quantitative estimate of drug-likeness (QED) is 0.104. The van der Waals surface area contributed by atoms with Gasteiger partial charge < -0.3 is 9.84 Å². The third-order valence-electron chi connectivity index (χ3n) is 10.1. The third kappa shape index (κ3) is 8.57. The molecule has 0 bridgehead atoms.